The Bertz CT molecular complexity index is 1800. The van der Waals surface area contributed by atoms with Gasteiger partial charge in [0.15, 0.2) is 23.0 Å². The van der Waals surface area contributed by atoms with Crippen LogP contribution in [-0.4, -0.2) is 58.2 Å². The van der Waals surface area contributed by atoms with Crippen molar-refractivity contribution in [2.75, 3.05) is 13.2 Å². The summed E-state index contributed by atoms with van der Waals surface area (Å²) in [6.07, 6.45) is 1.30. The van der Waals surface area contributed by atoms with Crippen LogP contribution in [0.3, 0.4) is 0 Å². The van der Waals surface area contributed by atoms with E-state index in [-0.39, 0.29) is 46.6 Å². The minimum Gasteiger partial charge on any atom is -0.483 e. The number of nitrogens with zero attached hydrogens (tertiary/aromatic N) is 1. The van der Waals surface area contributed by atoms with Gasteiger partial charge in [0.05, 0.1) is 22.7 Å². The smallest absolute Gasteiger partial charge is 0.410 e. The highest BCUT2D eigenvalue weighted by molar-refractivity contribution is 6.34. The molecule has 268 valence electrons. The summed E-state index contributed by atoms with van der Waals surface area (Å²) < 4.78 is 50.4. The van der Waals surface area contributed by atoms with Gasteiger partial charge in [0, 0.05) is 34.7 Å². The number of amides is 2. The maximum Gasteiger partial charge on any atom is 0.410 e. The van der Waals surface area contributed by atoms with Gasteiger partial charge in [0.25, 0.3) is 0 Å². The molecule has 9 nitrogen and oxygen atoms in total. The maximum absolute atomic E-state index is 16.5. The molecule has 0 saturated heterocycles. The summed E-state index contributed by atoms with van der Waals surface area (Å²) in [6.45, 7) is 9.62. The number of carbonyl (C=O) groups is 3. The molecule has 2 aliphatic rings. The number of primary amides is 1. The third-order valence-electron chi connectivity index (χ3n) is 9.47. The minimum atomic E-state index is -1.39. The van der Waals surface area contributed by atoms with Crippen LogP contribution in [0.15, 0.2) is 48.5 Å². The Kier molecular flexibility index (Phi) is 10.2. The zero-order valence-corrected chi connectivity index (χ0v) is 29.8. The normalized spacial score (nSPS) is 23.1. The molecule has 1 fully saturated rings. The maximum atomic E-state index is 16.5. The van der Waals surface area contributed by atoms with Gasteiger partial charge >= 0.3 is 6.09 Å². The van der Waals surface area contributed by atoms with Gasteiger partial charge in [0.1, 0.15) is 23.8 Å². The zero-order valence-electron chi connectivity index (χ0n) is 29.1. The van der Waals surface area contributed by atoms with Gasteiger partial charge in [-0.3, -0.25) is 9.59 Å². The molecule has 2 amide bonds. The lowest BCUT2D eigenvalue weighted by Crippen LogP contribution is -2.54. The summed E-state index contributed by atoms with van der Waals surface area (Å²) in [5, 5.41) is 10.3. The SMILES string of the molecule is CC(=O)COc1ccc(C(N)=O)c(-c2c(Cl)c(F)cc3c2[C@H](C)[C@@](CN(C(=O)OC(C)(C)C)C2CCC(C)(O)CC2)(c2ccccc2)O3)c1F. The molecule has 0 spiro atoms. The average molecular weight is 713 g/mol. The largest absolute Gasteiger partial charge is 0.483 e. The minimum absolute atomic E-state index is 0.0267. The molecule has 1 aliphatic heterocycles. The van der Waals surface area contributed by atoms with Crippen molar-refractivity contribution in [2.45, 2.75) is 96.0 Å². The van der Waals surface area contributed by atoms with E-state index in [0.717, 1.165) is 6.07 Å². The van der Waals surface area contributed by atoms with Gasteiger partial charge in [-0.1, -0.05) is 48.9 Å². The van der Waals surface area contributed by atoms with E-state index >= 15 is 8.78 Å². The summed E-state index contributed by atoms with van der Waals surface area (Å²) >= 11 is 6.67. The van der Waals surface area contributed by atoms with Crippen LogP contribution in [0.4, 0.5) is 13.6 Å². The van der Waals surface area contributed by atoms with Crippen molar-refractivity contribution in [1.82, 2.24) is 4.90 Å². The Morgan fingerprint density at radius 1 is 1.08 bits per heavy atom. The van der Waals surface area contributed by atoms with Crippen LogP contribution in [0.25, 0.3) is 11.1 Å². The first-order valence-electron chi connectivity index (χ1n) is 16.6. The van der Waals surface area contributed by atoms with Crippen LogP contribution in [0, 0.1) is 11.6 Å². The second kappa shape index (κ2) is 13.8. The quantitative estimate of drug-likeness (QED) is 0.233. The average Bonchev–Trinajstić information content (AvgIpc) is 3.30. The third-order valence-corrected chi connectivity index (χ3v) is 9.84. The highest BCUT2D eigenvalue weighted by atomic mass is 35.5. The molecule has 5 rings (SSSR count). The van der Waals surface area contributed by atoms with Crippen molar-refractivity contribution in [3.63, 3.8) is 0 Å². The number of hydrogen-bond donors (Lipinski definition) is 2. The number of hydrogen-bond acceptors (Lipinski definition) is 7. The molecule has 1 heterocycles. The van der Waals surface area contributed by atoms with Gasteiger partial charge < -0.3 is 30.0 Å². The van der Waals surface area contributed by atoms with Gasteiger partial charge in [-0.25, -0.2) is 13.6 Å². The van der Waals surface area contributed by atoms with E-state index in [4.69, 9.17) is 31.5 Å². The van der Waals surface area contributed by atoms with Crippen LogP contribution >= 0.6 is 11.6 Å². The lowest BCUT2D eigenvalue weighted by atomic mass is 9.76. The molecule has 0 unspecified atom stereocenters. The predicted molar refractivity (Wildman–Crippen MR) is 184 cm³/mol. The molecule has 3 N–H and O–H groups in total. The Morgan fingerprint density at radius 3 is 2.30 bits per heavy atom. The molecule has 12 heteroatoms. The molecule has 3 aromatic rings. The Labute approximate surface area is 295 Å². The topological polar surface area (TPSA) is 128 Å². The molecule has 0 aromatic heterocycles. The van der Waals surface area contributed by atoms with Gasteiger partial charge in [-0.05, 0) is 78.0 Å². The molecule has 0 bridgehead atoms. The highest BCUT2D eigenvalue weighted by Crippen LogP contribution is 2.57. The van der Waals surface area contributed by atoms with E-state index in [9.17, 15) is 19.5 Å². The van der Waals surface area contributed by atoms with Crippen molar-refractivity contribution in [1.29, 1.82) is 0 Å². The van der Waals surface area contributed by atoms with Crippen molar-refractivity contribution >= 4 is 29.4 Å². The van der Waals surface area contributed by atoms with Crippen molar-refractivity contribution in [2.24, 2.45) is 5.73 Å². The summed E-state index contributed by atoms with van der Waals surface area (Å²) in [5.74, 6) is -4.47. The fourth-order valence-electron chi connectivity index (χ4n) is 6.93. The van der Waals surface area contributed by atoms with Crippen LogP contribution in [0.5, 0.6) is 11.5 Å². The number of ether oxygens (including phenoxy) is 3. The zero-order chi connectivity index (χ0) is 36.8. The number of Topliss-reactive ketones (excluding diaryl/α,β-unsaturated/α-hetero) is 1. The number of benzene rings is 3. The van der Waals surface area contributed by atoms with E-state index in [1.807, 2.05) is 18.2 Å². The van der Waals surface area contributed by atoms with Crippen LogP contribution in [-0.2, 0) is 15.1 Å². The van der Waals surface area contributed by atoms with Crippen molar-refractivity contribution < 1.29 is 42.5 Å². The number of aliphatic hydroxyl groups is 1. The molecular formula is C38H43ClF2N2O7. The molecule has 50 heavy (non-hydrogen) atoms. The monoisotopic (exact) mass is 712 g/mol. The van der Waals surface area contributed by atoms with E-state index in [1.54, 1.807) is 51.7 Å². The Hall–Kier alpha value is -4.22. The second-order valence-corrected chi connectivity index (χ2v) is 14.9. The number of rotatable bonds is 9. The Morgan fingerprint density at radius 2 is 1.72 bits per heavy atom. The van der Waals surface area contributed by atoms with Crippen LogP contribution in [0.2, 0.25) is 5.02 Å². The number of carbonyl (C=O) groups excluding carboxylic acids is 3. The first kappa shape index (κ1) is 37.0. The fourth-order valence-corrected chi connectivity index (χ4v) is 7.18. The van der Waals surface area contributed by atoms with Crippen LogP contribution < -0.4 is 15.2 Å². The summed E-state index contributed by atoms with van der Waals surface area (Å²) in [5.41, 5.74) is 2.67. The molecule has 1 saturated carbocycles. The van der Waals surface area contributed by atoms with Crippen molar-refractivity contribution in [3.05, 3.63) is 81.9 Å². The fraction of sp³-hybridized carbons (Fsp3) is 0.447. The highest BCUT2D eigenvalue weighted by Gasteiger charge is 2.53. The second-order valence-electron chi connectivity index (χ2n) is 14.5. The molecular weight excluding hydrogens is 670 g/mol. The molecule has 1 aliphatic carbocycles. The number of ketones is 1. The third kappa shape index (κ3) is 7.30. The summed E-state index contributed by atoms with van der Waals surface area (Å²) in [4.78, 5) is 40.0. The van der Waals surface area contributed by atoms with E-state index in [0.29, 0.717) is 31.2 Å². The van der Waals surface area contributed by atoms with Crippen molar-refractivity contribution in [3.8, 4) is 22.6 Å². The summed E-state index contributed by atoms with van der Waals surface area (Å²) in [7, 11) is 0. The van der Waals surface area contributed by atoms with E-state index < -0.39 is 63.5 Å². The Balaban J connectivity index is 1.72. The van der Waals surface area contributed by atoms with E-state index in [2.05, 4.69) is 0 Å². The number of fused-ring (bicyclic) bond motifs is 1. The lowest BCUT2D eigenvalue weighted by Gasteiger charge is -2.44. The van der Waals surface area contributed by atoms with Gasteiger partial charge in [0.2, 0.25) is 5.91 Å². The predicted octanol–water partition coefficient (Wildman–Crippen LogP) is 7.67. The standard InChI is InChI=1S/C38H43ClF2N2O7/c1-21(44)19-48-27-13-12-25(34(42)45)30(33(27)41)31-29-22(2)38(23-10-8-7-9-11-23,49-28(29)18-26(40)32(31)39)20-43(35(46)50-36(3,4)5)24-14-16-37(6,47)17-15-24/h7-13,18,22,24,47H,14-17,19-20H2,1-6H3,(H2,42,45)/t22-,24?,37?,38-/m0/s1. The first-order valence-corrected chi connectivity index (χ1v) is 17.0. The van der Waals surface area contributed by atoms with Crippen LogP contribution in [0.1, 0.15) is 94.6 Å². The first-order chi connectivity index (χ1) is 23.3. The molecule has 0 radical (unpaired) electrons. The van der Waals surface area contributed by atoms with Gasteiger partial charge in [-0.15, -0.1) is 0 Å². The van der Waals surface area contributed by atoms with E-state index in [1.165, 1.54) is 19.1 Å². The number of halogens is 3. The van der Waals surface area contributed by atoms with Gasteiger partial charge in [-0.2, -0.15) is 0 Å². The number of nitrogens with two attached hydrogens (primary N) is 1. The lowest BCUT2D eigenvalue weighted by molar-refractivity contribution is -0.118. The molecule has 2 atom stereocenters. The molecule has 3 aromatic carbocycles. The summed E-state index contributed by atoms with van der Waals surface area (Å²) in [6, 6.07) is 12.3.